The monoisotopic (exact) mass is 630 g/mol. The summed E-state index contributed by atoms with van der Waals surface area (Å²) in [6, 6.07) is 12.3. The second-order valence-corrected chi connectivity index (χ2v) is 13.0. The van der Waals surface area contributed by atoms with E-state index in [0.717, 1.165) is 23.0 Å². The van der Waals surface area contributed by atoms with Crippen LogP contribution < -0.4 is 21.0 Å². The molecule has 0 radical (unpaired) electrons. The number of ether oxygens (including phenoxy) is 2. The molecule has 1 aromatic heterocycles. The molecule has 11 nitrogen and oxygen atoms in total. The zero-order chi connectivity index (χ0) is 30.8. The highest BCUT2D eigenvalue weighted by molar-refractivity contribution is 8.09. The number of nitrogens with one attached hydrogen (secondary N) is 1. The minimum absolute atomic E-state index is 0.184. The molecule has 6 atom stereocenters. The van der Waals surface area contributed by atoms with Gasteiger partial charge in [0.05, 0.1) is 12.7 Å². The molecule has 4 rings (SSSR count). The highest BCUT2D eigenvalue weighted by atomic mass is 32.5. The van der Waals surface area contributed by atoms with Gasteiger partial charge in [0.2, 0.25) is 0 Å². The Balaban J connectivity index is 1.65. The number of fused-ring (bicyclic) bond motifs is 1. The predicted octanol–water partition coefficient (Wildman–Crippen LogP) is 3.46. The Hall–Kier alpha value is -3.07. The van der Waals surface area contributed by atoms with E-state index in [1.54, 1.807) is 38.1 Å². The maximum absolute atomic E-state index is 15.2. The molecule has 1 aliphatic rings. The van der Waals surface area contributed by atoms with Crippen LogP contribution in [0.2, 0.25) is 0 Å². The molecule has 2 heterocycles. The minimum Gasteiger partial charge on any atom is -0.462 e. The first-order valence-corrected chi connectivity index (χ1v) is 15.4. The summed E-state index contributed by atoms with van der Waals surface area (Å²) < 4.78 is 67.2. The highest BCUT2D eigenvalue weighted by Gasteiger charge is 2.62. The molecule has 4 N–H and O–H groups in total. The number of hydrogen-bond acceptors (Lipinski definition) is 10. The number of aliphatic hydroxyl groups excluding tert-OH is 1. The van der Waals surface area contributed by atoms with Gasteiger partial charge in [0.1, 0.15) is 23.7 Å². The van der Waals surface area contributed by atoms with Crippen molar-refractivity contribution in [1.29, 1.82) is 0 Å². The number of carbonyl (C=O) groups is 1. The first kappa shape index (κ1) is 31.9. The smallest absolute Gasteiger partial charge is 0.351 e. The standard InChI is InChI=1S/C26H30F3N4O7PS/c1-14(2)38-23(35)15(3)32-41(42,40-18-9-8-16-6-4-5-7-17(16)12-18)37-13-26(24(28)29)21(34)20(27)22(39-26)33-11-10-19(30)31-25(33)36/h4-12,14-15,20-22,24,34H,13H2,1-3H3,(H,32,42)(H2,30,31,36). The molecule has 1 aliphatic heterocycles. The number of nitrogens with two attached hydrogens (primary N) is 1. The van der Waals surface area contributed by atoms with E-state index in [1.165, 1.54) is 6.92 Å². The Morgan fingerprint density at radius 2 is 1.93 bits per heavy atom. The SMILES string of the molecule is CC(C)OC(=O)C(C)NP(=S)(OCC1(C(F)F)OC(n2ccc(N)nc2=O)C(F)C1O)Oc1ccc2ccccc2c1. The van der Waals surface area contributed by atoms with E-state index >= 15 is 4.39 Å². The normalized spacial score (nSPS) is 24.5. The third-order valence-electron chi connectivity index (χ3n) is 6.37. The van der Waals surface area contributed by atoms with Gasteiger partial charge in [-0.3, -0.25) is 9.36 Å². The van der Waals surface area contributed by atoms with Crippen LogP contribution in [0.4, 0.5) is 19.0 Å². The van der Waals surface area contributed by atoms with Gasteiger partial charge in [-0.2, -0.15) is 4.98 Å². The van der Waals surface area contributed by atoms with E-state index in [9.17, 15) is 23.5 Å². The lowest BCUT2D eigenvalue weighted by Gasteiger charge is -2.34. The van der Waals surface area contributed by atoms with Crippen LogP contribution in [0.5, 0.6) is 5.75 Å². The van der Waals surface area contributed by atoms with Crippen LogP contribution in [0.3, 0.4) is 0 Å². The van der Waals surface area contributed by atoms with Crippen LogP contribution in [-0.4, -0.2) is 63.7 Å². The number of hydrogen-bond donors (Lipinski definition) is 3. The van der Waals surface area contributed by atoms with Gasteiger partial charge in [0.15, 0.2) is 18.0 Å². The van der Waals surface area contributed by atoms with E-state index in [-0.39, 0.29) is 11.6 Å². The van der Waals surface area contributed by atoms with Crippen molar-refractivity contribution in [1.82, 2.24) is 14.6 Å². The fourth-order valence-corrected chi connectivity index (χ4v) is 6.65. The summed E-state index contributed by atoms with van der Waals surface area (Å²) in [5.74, 6) is -0.713. The van der Waals surface area contributed by atoms with Crippen LogP contribution in [0.25, 0.3) is 10.8 Å². The highest BCUT2D eigenvalue weighted by Crippen LogP contribution is 2.50. The molecule has 1 fully saturated rings. The molecule has 228 valence electrons. The number of aromatic nitrogens is 2. The van der Waals surface area contributed by atoms with Gasteiger partial charge in [0, 0.05) is 6.20 Å². The van der Waals surface area contributed by atoms with Crippen LogP contribution in [0.1, 0.15) is 27.0 Å². The number of nitrogens with zero attached hydrogens (tertiary/aromatic N) is 2. The second-order valence-electron chi connectivity index (χ2n) is 9.90. The zero-order valence-electron chi connectivity index (χ0n) is 22.7. The number of rotatable bonds is 11. The van der Waals surface area contributed by atoms with E-state index in [0.29, 0.717) is 4.57 Å². The van der Waals surface area contributed by atoms with Crippen molar-refractivity contribution in [2.75, 3.05) is 12.3 Å². The summed E-state index contributed by atoms with van der Waals surface area (Å²) in [4.78, 5) is 28.3. The molecule has 0 saturated carbocycles. The molecular formula is C26H30F3N4O7PS. The van der Waals surface area contributed by atoms with Gasteiger partial charge < -0.3 is 29.4 Å². The molecule has 2 aromatic carbocycles. The van der Waals surface area contributed by atoms with Crippen molar-refractivity contribution in [2.24, 2.45) is 0 Å². The summed E-state index contributed by atoms with van der Waals surface area (Å²) in [6.45, 7) is -0.409. The summed E-state index contributed by atoms with van der Waals surface area (Å²) in [5.41, 5.74) is 1.40. The number of esters is 1. The third kappa shape index (κ3) is 6.77. The lowest BCUT2D eigenvalue weighted by molar-refractivity contribution is -0.192. The van der Waals surface area contributed by atoms with Crippen LogP contribution in [-0.2, 0) is 30.6 Å². The fourth-order valence-electron chi connectivity index (χ4n) is 4.24. The average molecular weight is 631 g/mol. The summed E-state index contributed by atoms with van der Waals surface area (Å²) in [7, 11) is 0. The largest absolute Gasteiger partial charge is 0.462 e. The number of aliphatic hydroxyl groups is 1. The van der Waals surface area contributed by atoms with Crippen LogP contribution >= 0.6 is 6.64 Å². The lowest BCUT2D eigenvalue weighted by atomic mass is 9.97. The number of carbonyl (C=O) groups excluding carboxylic acids is 1. The molecule has 0 aliphatic carbocycles. The summed E-state index contributed by atoms with van der Waals surface area (Å²) >= 11 is 5.61. The Kier molecular flexibility index (Phi) is 9.60. The molecule has 1 saturated heterocycles. The first-order chi connectivity index (χ1) is 19.7. The predicted molar refractivity (Wildman–Crippen MR) is 151 cm³/mol. The van der Waals surface area contributed by atoms with Crippen molar-refractivity contribution in [3.63, 3.8) is 0 Å². The lowest BCUT2D eigenvalue weighted by Crippen LogP contribution is -2.52. The molecule has 42 heavy (non-hydrogen) atoms. The van der Waals surface area contributed by atoms with E-state index < -0.39 is 67.6 Å². The number of alkyl halides is 3. The second kappa shape index (κ2) is 12.7. The topological polar surface area (TPSA) is 147 Å². The molecular weight excluding hydrogens is 600 g/mol. The maximum atomic E-state index is 15.2. The van der Waals surface area contributed by atoms with Gasteiger partial charge in [0.25, 0.3) is 6.43 Å². The van der Waals surface area contributed by atoms with Crippen molar-refractivity contribution >= 4 is 41.0 Å². The van der Waals surface area contributed by atoms with Gasteiger partial charge in [-0.1, -0.05) is 30.3 Å². The Morgan fingerprint density at radius 3 is 2.57 bits per heavy atom. The Morgan fingerprint density at radius 1 is 1.24 bits per heavy atom. The average Bonchev–Trinajstić information content (AvgIpc) is 3.17. The van der Waals surface area contributed by atoms with E-state index in [2.05, 4.69) is 10.1 Å². The minimum atomic E-state index is -3.92. The summed E-state index contributed by atoms with van der Waals surface area (Å²) in [6.07, 6.45) is -9.90. The van der Waals surface area contributed by atoms with Crippen molar-refractivity contribution in [2.45, 2.75) is 63.4 Å². The van der Waals surface area contributed by atoms with Crippen LogP contribution in [0, 0.1) is 0 Å². The van der Waals surface area contributed by atoms with Gasteiger partial charge in [-0.25, -0.2) is 23.1 Å². The zero-order valence-corrected chi connectivity index (χ0v) is 24.4. The number of halogens is 3. The molecule has 0 spiro atoms. The fraction of sp³-hybridized carbons (Fsp3) is 0.423. The number of benzene rings is 2. The Labute approximate surface area is 244 Å². The first-order valence-electron chi connectivity index (χ1n) is 12.8. The molecule has 0 bridgehead atoms. The molecule has 6 unspecified atom stereocenters. The van der Waals surface area contributed by atoms with Crippen molar-refractivity contribution in [3.05, 3.63) is 65.2 Å². The molecule has 0 amide bonds. The van der Waals surface area contributed by atoms with Gasteiger partial charge >= 0.3 is 18.3 Å². The van der Waals surface area contributed by atoms with Gasteiger partial charge in [-0.15, -0.1) is 0 Å². The summed E-state index contributed by atoms with van der Waals surface area (Å²) in [5, 5.41) is 15.0. The maximum Gasteiger partial charge on any atom is 0.351 e. The molecule has 16 heteroatoms. The van der Waals surface area contributed by atoms with Crippen molar-refractivity contribution < 1.29 is 41.6 Å². The van der Waals surface area contributed by atoms with Gasteiger partial charge in [-0.05, 0) is 61.5 Å². The third-order valence-corrected chi connectivity index (χ3v) is 8.85. The van der Waals surface area contributed by atoms with E-state index in [4.69, 9.17) is 36.1 Å². The number of nitrogen functional groups attached to an aromatic ring is 1. The quantitative estimate of drug-likeness (QED) is 0.211. The van der Waals surface area contributed by atoms with Crippen molar-refractivity contribution in [3.8, 4) is 5.75 Å². The Bertz CT molecular complexity index is 1550. The van der Waals surface area contributed by atoms with Crippen LogP contribution in [0.15, 0.2) is 59.5 Å². The number of anilines is 1. The molecule has 3 aromatic rings. The van der Waals surface area contributed by atoms with E-state index in [1.807, 2.05) is 18.2 Å².